The number of benzene rings is 1. The lowest BCUT2D eigenvalue weighted by Crippen LogP contribution is -1.93. The van der Waals surface area contributed by atoms with E-state index in [-0.39, 0.29) is 5.78 Å². The third-order valence-electron chi connectivity index (χ3n) is 2.69. The van der Waals surface area contributed by atoms with Gasteiger partial charge < -0.3 is 0 Å². The fourth-order valence-corrected chi connectivity index (χ4v) is 1.72. The van der Waals surface area contributed by atoms with Gasteiger partial charge >= 0.3 is 0 Å². The summed E-state index contributed by atoms with van der Waals surface area (Å²) in [7, 11) is 0. The third-order valence-corrected chi connectivity index (χ3v) is 2.69. The summed E-state index contributed by atoms with van der Waals surface area (Å²) < 4.78 is 0. The SMILES string of the molecule is C=C1CC(=O)c2cc(C)c(C)cc21. The number of hydrogen-bond acceptors (Lipinski definition) is 1. The van der Waals surface area contributed by atoms with Crippen molar-refractivity contribution in [3.8, 4) is 0 Å². The van der Waals surface area contributed by atoms with Gasteiger partial charge in [0.1, 0.15) is 0 Å². The Hall–Kier alpha value is -1.37. The summed E-state index contributed by atoms with van der Waals surface area (Å²) in [6.07, 6.45) is 0.498. The van der Waals surface area contributed by atoms with Crippen LogP contribution in [0.1, 0.15) is 33.5 Å². The van der Waals surface area contributed by atoms with E-state index < -0.39 is 0 Å². The first-order valence-electron chi connectivity index (χ1n) is 4.42. The second-order valence-corrected chi connectivity index (χ2v) is 3.69. The van der Waals surface area contributed by atoms with E-state index in [4.69, 9.17) is 0 Å². The molecule has 66 valence electrons. The molecule has 0 aliphatic heterocycles. The van der Waals surface area contributed by atoms with Gasteiger partial charge in [-0.3, -0.25) is 4.79 Å². The van der Waals surface area contributed by atoms with Crippen molar-refractivity contribution in [3.63, 3.8) is 0 Å². The fourth-order valence-electron chi connectivity index (χ4n) is 1.72. The molecule has 1 heteroatoms. The molecule has 0 radical (unpaired) electrons. The summed E-state index contributed by atoms with van der Waals surface area (Å²) in [5.41, 5.74) is 5.28. The van der Waals surface area contributed by atoms with Crippen LogP contribution in [0.2, 0.25) is 0 Å². The van der Waals surface area contributed by atoms with Gasteiger partial charge in [-0.2, -0.15) is 0 Å². The van der Waals surface area contributed by atoms with E-state index in [0.717, 1.165) is 16.7 Å². The Bertz CT molecular complexity index is 374. The average Bonchev–Trinajstić information content (AvgIpc) is 2.31. The topological polar surface area (TPSA) is 17.1 Å². The molecule has 1 aromatic rings. The highest BCUT2D eigenvalue weighted by molar-refractivity contribution is 6.11. The van der Waals surface area contributed by atoms with Gasteiger partial charge in [-0.1, -0.05) is 12.6 Å². The molecule has 0 heterocycles. The molecule has 1 nitrogen and oxygen atoms in total. The van der Waals surface area contributed by atoms with Crippen LogP contribution < -0.4 is 0 Å². The summed E-state index contributed by atoms with van der Waals surface area (Å²) >= 11 is 0. The smallest absolute Gasteiger partial charge is 0.167 e. The molecule has 0 spiro atoms. The van der Waals surface area contributed by atoms with Crippen molar-refractivity contribution in [1.82, 2.24) is 0 Å². The largest absolute Gasteiger partial charge is 0.294 e. The highest BCUT2D eigenvalue weighted by Gasteiger charge is 2.22. The van der Waals surface area contributed by atoms with Gasteiger partial charge in [0.05, 0.1) is 0 Å². The molecule has 13 heavy (non-hydrogen) atoms. The number of aryl methyl sites for hydroxylation is 2. The normalized spacial score (nSPS) is 14.9. The quantitative estimate of drug-likeness (QED) is 0.588. The molecule has 0 N–H and O–H groups in total. The molecular weight excluding hydrogens is 160 g/mol. The molecule has 0 saturated carbocycles. The zero-order chi connectivity index (χ0) is 9.59. The lowest BCUT2D eigenvalue weighted by molar-refractivity contribution is 0.100. The minimum Gasteiger partial charge on any atom is -0.294 e. The van der Waals surface area contributed by atoms with Gasteiger partial charge in [0, 0.05) is 12.0 Å². The molecule has 1 aromatic carbocycles. The molecule has 1 aliphatic carbocycles. The second-order valence-electron chi connectivity index (χ2n) is 3.69. The first-order valence-corrected chi connectivity index (χ1v) is 4.42. The minimum atomic E-state index is 0.211. The number of Topliss-reactive ketones (excluding diaryl/α,β-unsaturated/α-hetero) is 1. The number of carbonyl (C=O) groups excluding carboxylic acids is 1. The molecule has 0 fully saturated rings. The number of allylic oxidation sites excluding steroid dienone is 1. The Balaban J connectivity index is 2.72. The van der Waals surface area contributed by atoms with Gasteiger partial charge in [0.2, 0.25) is 0 Å². The van der Waals surface area contributed by atoms with Crippen LogP contribution in [-0.4, -0.2) is 5.78 Å². The van der Waals surface area contributed by atoms with Crippen LogP contribution in [0, 0.1) is 13.8 Å². The molecule has 0 amide bonds. The van der Waals surface area contributed by atoms with Crippen molar-refractivity contribution in [3.05, 3.63) is 41.0 Å². The Labute approximate surface area is 78.1 Å². The van der Waals surface area contributed by atoms with E-state index >= 15 is 0 Å². The molecule has 0 saturated heterocycles. The zero-order valence-corrected chi connectivity index (χ0v) is 7.98. The van der Waals surface area contributed by atoms with E-state index in [1.807, 2.05) is 13.0 Å². The first-order chi connectivity index (χ1) is 6.09. The second kappa shape index (κ2) is 2.56. The van der Waals surface area contributed by atoms with Crippen LogP contribution in [0.15, 0.2) is 18.7 Å². The van der Waals surface area contributed by atoms with Gasteiger partial charge in [-0.05, 0) is 42.2 Å². The van der Waals surface area contributed by atoms with E-state index in [1.54, 1.807) is 0 Å². The van der Waals surface area contributed by atoms with Gasteiger partial charge in [0.15, 0.2) is 5.78 Å². The Kier molecular flexibility index (Phi) is 1.62. The maximum atomic E-state index is 11.5. The van der Waals surface area contributed by atoms with Crippen LogP contribution in [0.3, 0.4) is 0 Å². The number of ketones is 1. The van der Waals surface area contributed by atoms with Crippen molar-refractivity contribution in [1.29, 1.82) is 0 Å². The van der Waals surface area contributed by atoms with E-state index in [0.29, 0.717) is 6.42 Å². The monoisotopic (exact) mass is 172 g/mol. The summed E-state index contributed by atoms with van der Waals surface area (Å²) in [6, 6.07) is 4.04. The van der Waals surface area contributed by atoms with Gasteiger partial charge in [-0.15, -0.1) is 0 Å². The van der Waals surface area contributed by atoms with Crippen LogP contribution in [0.25, 0.3) is 5.57 Å². The molecular formula is C12H12O. The predicted molar refractivity (Wildman–Crippen MR) is 53.9 cm³/mol. The Morgan fingerprint density at radius 2 is 1.69 bits per heavy atom. The van der Waals surface area contributed by atoms with Crippen LogP contribution in [0.4, 0.5) is 0 Å². The minimum absolute atomic E-state index is 0.211. The first kappa shape index (κ1) is 8.24. The molecule has 0 atom stereocenters. The van der Waals surface area contributed by atoms with Crippen molar-refractivity contribution < 1.29 is 4.79 Å². The zero-order valence-electron chi connectivity index (χ0n) is 7.98. The predicted octanol–water partition coefficient (Wildman–Crippen LogP) is 2.90. The third kappa shape index (κ3) is 1.12. The maximum Gasteiger partial charge on any atom is 0.167 e. The number of rotatable bonds is 0. The Morgan fingerprint density at radius 3 is 2.31 bits per heavy atom. The molecule has 2 rings (SSSR count). The average molecular weight is 172 g/mol. The number of carbonyl (C=O) groups is 1. The molecule has 0 bridgehead atoms. The summed E-state index contributed by atoms with van der Waals surface area (Å²) in [5, 5.41) is 0. The maximum absolute atomic E-state index is 11.5. The highest BCUT2D eigenvalue weighted by atomic mass is 16.1. The van der Waals surface area contributed by atoms with E-state index in [2.05, 4.69) is 19.6 Å². The number of fused-ring (bicyclic) bond motifs is 1. The van der Waals surface area contributed by atoms with Crippen molar-refractivity contribution >= 4 is 11.4 Å². The standard InChI is InChI=1S/C12H12O/c1-7-4-10-9(3)6-12(13)11(10)5-8(7)2/h4-5H,3,6H2,1-2H3. The van der Waals surface area contributed by atoms with Crippen LogP contribution >= 0.6 is 0 Å². The summed E-state index contributed by atoms with van der Waals surface area (Å²) in [5.74, 6) is 0.211. The molecule has 0 unspecified atom stereocenters. The molecule has 0 aromatic heterocycles. The van der Waals surface area contributed by atoms with Gasteiger partial charge in [0.25, 0.3) is 0 Å². The Morgan fingerprint density at radius 1 is 1.15 bits per heavy atom. The lowest BCUT2D eigenvalue weighted by Gasteiger charge is -2.03. The van der Waals surface area contributed by atoms with Crippen molar-refractivity contribution in [2.24, 2.45) is 0 Å². The lowest BCUT2D eigenvalue weighted by atomic mass is 10.0. The van der Waals surface area contributed by atoms with Crippen LogP contribution in [-0.2, 0) is 0 Å². The van der Waals surface area contributed by atoms with Crippen LogP contribution in [0.5, 0.6) is 0 Å². The van der Waals surface area contributed by atoms with E-state index in [9.17, 15) is 4.79 Å². The molecule has 1 aliphatic rings. The summed E-state index contributed by atoms with van der Waals surface area (Å²) in [4.78, 5) is 11.5. The van der Waals surface area contributed by atoms with Gasteiger partial charge in [-0.25, -0.2) is 0 Å². The number of hydrogen-bond donors (Lipinski definition) is 0. The fraction of sp³-hybridized carbons (Fsp3) is 0.250. The van der Waals surface area contributed by atoms with Crippen molar-refractivity contribution in [2.45, 2.75) is 20.3 Å². The van der Waals surface area contributed by atoms with Crippen molar-refractivity contribution in [2.75, 3.05) is 0 Å². The van der Waals surface area contributed by atoms with E-state index in [1.165, 1.54) is 11.1 Å². The summed E-state index contributed by atoms with van der Waals surface area (Å²) in [6.45, 7) is 7.99. The highest BCUT2D eigenvalue weighted by Crippen LogP contribution is 2.32.